The molecule has 1 saturated heterocycles. The van der Waals surface area contributed by atoms with Crippen LogP contribution in [0.5, 0.6) is 0 Å². The van der Waals surface area contributed by atoms with E-state index in [0.717, 1.165) is 19.4 Å². The second-order valence-electron chi connectivity index (χ2n) is 4.85. The molecule has 1 heterocycles. The molecule has 2 rings (SSSR count). The average Bonchev–Trinajstić information content (AvgIpc) is 2.65. The van der Waals surface area contributed by atoms with Crippen LogP contribution in [0.3, 0.4) is 0 Å². The molecule has 16 heavy (non-hydrogen) atoms. The lowest BCUT2D eigenvalue weighted by atomic mass is 9.92. The summed E-state index contributed by atoms with van der Waals surface area (Å²) in [5.41, 5.74) is 1.85. The summed E-state index contributed by atoms with van der Waals surface area (Å²) in [6.45, 7) is 1.62. The lowest BCUT2D eigenvalue weighted by Crippen LogP contribution is -2.34. The maximum atomic E-state index is 10.4. The van der Waals surface area contributed by atoms with Gasteiger partial charge in [0.25, 0.3) is 0 Å². The molecule has 0 aromatic heterocycles. The molecule has 0 bridgehead atoms. The molecular weight excluding hydrogens is 200 g/mol. The standard InChI is InChI=1S/C13H20N2O/c1-15(2)12-6-4-3-5-11(12)9-13(16)7-8-14-10-13/h3-6,14,16H,7-10H2,1-2H3. The molecule has 88 valence electrons. The van der Waals surface area contributed by atoms with E-state index in [1.807, 2.05) is 26.2 Å². The molecule has 2 N–H and O–H groups in total. The summed E-state index contributed by atoms with van der Waals surface area (Å²) in [6, 6.07) is 8.27. The number of hydrogen-bond acceptors (Lipinski definition) is 3. The Morgan fingerprint density at radius 3 is 2.75 bits per heavy atom. The number of β-amino-alcohol motifs (C(OH)–C–C–N with tert-alkyl or cyclic N) is 1. The van der Waals surface area contributed by atoms with Crippen LogP contribution < -0.4 is 10.2 Å². The van der Waals surface area contributed by atoms with Gasteiger partial charge in [0.05, 0.1) is 5.60 Å². The lowest BCUT2D eigenvalue weighted by Gasteiger charge is -2.25. The van der Waals surface area contributed by atoms with E-state index in [9.17, 15) is 5.11 Å². The van der Waals surface area contributed by atoms with Crippen LogP contribution in [-0.4, -0.2) is 37.9 Å². The molecular formula is C13H20N2O. The second kappa shape index (κ2) is 4.44. The van der Waals surface area contributed by atoms with Crippen molar-refractivity contribution in [2.45, 2.75) is 18.4 Å². The molecule has 0 spiro atoms. The van der Waals surface area contributed by atoms with Crippen LogP contribution in [-0.2, 0) is 6.42 Å². The highest BCUT2D eigenvalue weighted by Gasteiger charge is 2.31. The Kier molecular flexibility index (Phi) is 3.17. The van der Waals surface area contributed by atoms with Gasteiger partial charge in [-0.15, -0.1) is 0 Å². The number of anilines is 1. The highest BCUT2D eigenvalue weighted by Crippen LogP contribution is 2.26. The Balaban J connectivity index is 2.20. The Morgan fingerprint density at radius 1 is 1.38 bits per heavy atom. The Bertz CT molecular complexity index is 357. The van der Waals surface area contributed by atoms with Crippen LogP contribution in [0.4, 0.5) is 5.69 Å². The van der Waals surface area contributed by atoms with Gasteiger partial charge in [-0.05, 0) is 24.6 Å². The van der Waals surface area contributed by atoms with Gasteiger partial charge >= 0.3 is 0 Å². The van der Waals surface area contributed by atoms with Crippen molar-refractivity contribution in [3.05, 3.63) is 29.8 Å². The van der Waals surface area contributed by atoms with Gasteiger partial charge < -0.3 is 15.3 Å². The van der Waals surface area contributed by atoms with Crippen LogP contribution in [0.25, 0.3) is 0 Å². The van der Waals surface area contributed by atoms with E-state index in [0.29, 0.717) is 6.54 Å². The van der Waals surface area contributed by atoms with Crippen LogP contribution in [0, 0.1) is 0 Å². The minimum Gasteiger partial charge on any atom is -0.388 e. The number of aliphatic hydroxyl groups is 1. The summed E-state index contributed by atoms with van der Waals surface area (Å²) in [5, 5.41) is 13.6. The molecule has 0 saturated carbocycles. The molecule has 0 amide bonds. The average molecular weight is 220 g/mol. The highest BCUT2D eigenvalue weighted by atomic mass is 16.3. The van der Waals surface area contributed by atoms with Crippen molar-refractivity contribution in [2.75, 3.05) is 32.1 Å². The largest absolute Gasteiger partial charge is 0.388 e. The van der Waals surface area contributed by atoms with Gasteiger partial charge in [0, 0.05) is 32.7 Å². The van der Waals surface area contributed by atoms with Crippen molar-refractivity contribution in [1.82, 2.24) is 5.32 Å². The summed E-state index contributed by atoms with van der Waals surface area (Å²) >= 11 is 0. The van der Waals surface area contributed by atoms with Crippen LogP contribution in [0.15, 0.2) is 24.3 Å². The Labute approximate surface area is 97.1 Å². The molecule has 0 aliphatic carbocycles. The fourth-order valence-corrected chi connectivity index (χ4v) is 2.33. The maximum Gasteiger partial charge on any atom is 0.0824 e. The normalized spacial score (nSPS) is 24.7. The first-order valence-electron chi connectivity index (χ1n) is 5.79. The smallest absolute Gasteiger partial charge is 0.0824 e. The summed E-state index contributed by atoms with van der Waals surface area (Å²) in [4.78, 5) is 2.10. The van der Waals surface area contributed by atoms with Gasteiger partial charge in [-0.1, -0.05) is 18.2 Å². The molecule has 3 heteroatoms. The number of benzene rings is 1. The number of hydrogen-bond donors (Lipinski definition) is 2. The molecule has 1 aliphatic heterocycles. The monoisotopic (exact) mass is 220 g/mol. The zero-order valence-corrected chi connectivity index (χ0v) is 10.0. The summed E-state index contributed by atoms with van der Waals surface area (Å²) in [5.74, 6) is 0. The zero-order valence-electron chi connectivity index (χ0n) is 10.0. The van der Waals surface area contributed by atoms with Crippen LogP contribution in [0.1, 0.15) is 12.0 Å². The van der Waals surface area contributed by atoms with E-state index in [1.165, 1.54) is 11.3 Å². The first-order valence-corrected chi connectivity index (χ1v) is 5.79. The molecule has 1 fully saturated rings. The quantitative estimate of drug-likeness (QED) is 0.798. The van der Waals surface area contributed by atoms with Gasteiger partial charge in [-0.25, -0.2) is 0 Å². The van der Waals surface area contributed by atoms with E-state index in [2.05, 4.69) is 22.3 Å². The van der Waals surface area contributed by atoms with Gasteiger partial charge in [0.15, 0.2) is 0 Å². The third kappa shape index (κ3) is 2.36. The molecule has 1 aliphatic rings. The van der Waals surface area contributed by atoms with Crippen molar-refractivity contribution < 1.29 is 5.11 Å². The minimum atomic E-state index is -0.563. The Morgan fingerprint density at radius 2 is 2.12 bits per heavy atom. The first kappa shape index (κ1) is 11.4. The van der Waals surface area contributed by atoms with Gasteiger partial charge in [0.1, 0.15) is 0 Å². The molecule has 3 nitrogen and oxygen atoms in total. The molecule has 1 unspecified atom stereocenters. The van der Waals surface area contributed by atoms with E-state index in [1.54, 1.807) is 0 Å². The lowest BCUT2D eigenvalue weighted by molar-refractivity contribution is 0.0620. The number of nitrogens with one attached hydrogen (secondary N) is 1. The number of nitrogens with zero attached hydrogens (tertiary/aromatic N) is 1. The minimum absolute atomic E-state index is 0.563. The van der Waals surface area contributed by atoms with Gasteiger partial charge in [-0.2, -0.15) is 0 Å². The van der Waals surface area contributed by atoms with E-state index >= 15 is 0 Å². The first-order chi connectivity index (χ1) is 7.61. The van der Waals surface area contributed by atoms with E-state index < -0.39 is 5.60 Å². The summed E-state index contributed by atoms with van der Waals surface area (Å²) in [7, 11) is 4.07. The third-order valence-electron chi connectivity index (χ3n) is 3.21. The van der Waals surface area contributed by atoms with Crippen molar-refractivity contribution in [3.8, 4) is 0 Å². The fourth-order valence-electron chi connectivity index (χ4n) is 2.33. The predicted molar refractivity (Wildman–Crippen MR) is 66.9 cm³/mol. The number of rotatable bonds is 3. The summed E-state index contributed by atoms with van der Waals surface area (Å²) < 4.78 is 0. The highest BCUT2D eigenvalue weighted by molar-refractivity contribution is 5.53. The SMILES string of the molecule is CN(C)c1ccccc1CC1(O)CCNC1. The molecule has 1 atom stereocenters. The zero-order chi connectivity index (χ0) is 11.6. The van der Waals surface area contributed by atoms with Crippen LogP contribution in [0.2, 0.25) is 0 Å². The van der Waals surface area contributed by atoms with E-state index in [4.69, 9.17) is 0 Å². The third-order valence-corrected chi connectivity index (χ3v) is 3.21. The molecule has 1 aromatic rings. The predicted octanol–water partition coefficient (Wildman–Crippen LogP) is 1.02. The fraction of sp³-hybridized carbons (Fsp3) is 0.538. The van der Waals surface area contributed by atoms with E-state index in [-0.39, 0.29) is 0 Å². The van der Waals surface area contributed by atoms with Gasteiger partial charge in [0.2, 0.25) is 0 Å². The second-order valence-corrected chi connectivity index (χ2v) is 4.85. The van der Waals surface area contributed by atoms with Crippen molar-refractivity contribution in [1.29, 1.82) is 0 Å². The number of para-hydroxylation sites is 1. The maximum absolute atomic E-state index is 10.4. The Hall–Kier alpha value is -1.06. The van der Waals surface area contributed by atoms with Crippen molar-refractivity contribution >= 4 is 5.69 Å². The van der Waals surface area contributed by atoms with Crippen molar-refractivity contribution in [2.24, 2.45) is 0 Å². The summed E-state index contributed by atoms with van der Waals surface area (Å²) in [6.07, 6.45) is 1.57. The van der Waals surface area contributed by atoms with Crippen molar-refractivity contribution in [3.63, 3.8) is 0 Å². The molecule has 1 aromatic carbocycles. The van der Waals surface area contributed by atoms with Crippen LogP contribution >= 0.6 is 0 Å². The molecule has 0 radical (unpaired) electrons. The topological polar surface area (TPSA) is 35.5 Å². The van der Waals surface area contributed by atoms with Gasteiger partial charge in [-0.3, -0.25) is 0 Å².